The molecule has 0 radical (unpaired) electrons. The summed E-state index contributed by atoms with van der Waals surface area (Å²) in [4.78, 5) is 29.0. The number of anilines is 1. The highest BCUT2D eigenvalue weighted by Gasteiger charge is 2.23. The molecule has 7 heteroatoms. The van der Waals surface area contributed by atoms with E-state index in [0.29, 0.717) is 19.5 Å². The van der Waals surface area contributed by atoms with Gasteiger partial charge in [-0.05, 0) is 23.8 Å². The maximum absolute atomic E-state index is 12.8. The number of amides is 1. The largest absolute Gasteiger partial charge is 0.361 e. The molecule has 7 nitrogen and oxygen atoms in total. The van der Waals surface area contributed by atoms with Crippen LogP contribution in [0, 0.1) is 0 Å². The maximum Gasteiger partial charge on any atom is 0.227 e. The van der Waals surface area contributed by atoms with Crippen molar-refractivity contribution in [3.63, 3.8) is 0 Å². The number of nitrogens with zero attached hydrogens (tertiary/aromatic N) is 5. The molecule has 1 amide bonds. The highest BCUT2D eigenvalue weighted by atomic mass is 16.2. The van der Waals surface area contributed by atoms with E-state index >= 15 is 0 Å². The second-order valence-corrected chi connectivity index (χ2v) is 7.23. The molecular weight excluding hydrogens is 364 g/mol. The third kappa shape index (κ3) is 3.47. The number of hydrogen-bond donors (Lipinski definition) is 1. The summed E-state index contributed by atoms with van der Waals surface area (Å²) in [5.74, 6) is 1.91. The van der Waals surface area contributed by atoms with Crippen LogP contribution < -0.4 is 4.90 Å². The molecule has 4 heterocycles. The average molecular weight is 386 g/mol. The van der Waals surface area contributed by atoms with E-state index in [1.807, 2.05) is 64.5 Å². The normalized spacial score (nSPS) is 14.5. The molecule has 1 aliphatic rings. The molecule has 0 unspecified atom stereocenters. The van der Waals surface area contributed by atoms with Gasteiger partial charge in [-0.2, -0.15) is 0 Å². The Morgan fingerprint density at radius 2 is 1.72 bits per heavy atom. The van der Waals surface area contributed by atoms with Crippen LogP contribution in [0.15, 0.2) is 67.4 Å². The molecule has 1 saturated heterocycles. The van der Waals surface area contributed by atoms with Crippen LogP contribution >= 0.6 is 0 Å². The van der Waals surface area contributed by atoms with Gasteiger partial charge in [0.25, 0.3) is 0 Å². The number of aromatic nitrogens is 4. The van der Waals surface area contributed by atoms with Crippen LogP contribution in [0.5, 0.6) is 0 Å². The van der Waals surface area contributed by atoms with Crippen LogP contribution in [0.1, 0.15) is 5.56 Å². The minimum atomic E-state index is 0.171. The molecule has 0 aliphatic carbocycles. The van der Waals surface area contributed by atoms with Gasteiger partial charge in [-0.3, -0.25) is 4.79 Å². The Bertz CT molecular complexity index is 1130. The first-order valence-corrected chi connectivity index (χ1v) is 9.81. The van der Waals surface area contributed by atoms with Gasteiger partial charge < -0.3 is 19.4 Å². The van der Waals surface area contributed by atoms with Gasteiger partial charge in [-0.1, -0.05) is 18.2 Å². The van der Waals surface area contributed by atoms with Gasteiger partial charge in [0.05, 0.1) is 6.42 Å². The van der Waals surface area contributed by atoms with Crippen LogP contribution in [-0.2, 0) is 11.2 Å². The minimum absolute atomic E-state index is 0.171. The molecule has 0 bridgehead atoms. The van der Waals surface area contributed by atoms with Crippen LogP contribution in [0.2, 0.25) is 0 Å². The van der Waals surface area contributed by atoms with E-state index in [4.69, 9.17) is 0 Å². The number of nitrogens with one attached hydrogen (secondary N) is 1. The standard InChI is InChI=1S/C22H22N6O/c29-22(13-17-15-23-19-6-2-1-5-18(17)19)28-11-9-27(10-12-28)21-14-20(24-16-25-21)26-7-3-4-8-26/h1-8,14-16,23H,9-13H2. The molecule has 29 heavy (non-hydrogen) atoms. The number of aromatic amines is 1. The maximum atomic E-state index is 12.8. The van der Waals surface area contributed by atoms with Crippen LogP contribution in [0.4, 0.5) is 5.82 Å². The molecule has 146 valence electrons. The number of benzene rings is 1. The molecule has 1 aromatic carbocycles. The molecule has 1 N–H and O–H groups in total. The van der Waals surface area contributed by atoms with Crippen molar-refractivity contribution in [1.82, 2.24) is 24.4 Å². The van der Waals surface area contributed by atoms with E-state index in [1.54, 1.807) is 6.33 Å². The Labute approximate surface area is 168 Å². The fourth-order valence-corrected chi connectivity index (χ4v) is 3.88. The lowest BCUT2D eigenvalue weighted by Gasteiger charge is -2.35. The number of hydrogen-bond acceptors (Lipinski definition) is 4. The SMILES string of the molecule is O=C(Cc1c[nH]c2ccccc12)N1CCN(c2cc(-n3cccc3)ncn2)CC1. The van der Waals surface area contributed by atoms with Crippen molar-refractivity contribution in [3.05, 3.63) is 72.9 Å². The first-order valence-electron chi connectivity index (χ1n) is 9.81. The second-order valence-electron chi connectivity index (χ2n) is 7.23. The summed E-state index contributed by atoms with van der Waals surface area (Å²) < 4.78 is 1.96. The first-order chi connectivity index (χ1) is 14.3. The predicted molar refractivity (Wildman–Crippen MR) is 112 cm³/mol. The highest BCUT2D eigenvalue weighted by Crippen LogP contribution is 2.20. The molecule has 3 aromatic heterocycles. The second kappa shape index (κ2) is 7.43. The Morgan fingerprint density at radius 1 is 0.966 bits per heavy atom. The summed E-state index contributed by atoms with van der Waals surface area (Å²) in [5, 5.41) is 1.12. The smallest absolute Gasteiger partial charge is 0.227 e. The zero-order valence-corrected chi connectivity index (χ0v) is 16.0. The van der Waals surface area contributed by atoms with E-state index in [9.17, 15) is 4.79 Å². The molecule has 0 atom stereocenters. The van der Waals surface area contributed by atoms with Gasteiger partial charge in [-0.15, -0.1) is 0 Å². The van der Waals surface area contributed by atoms with Crippen molar-refractivity contribution in [3.8, 4) is 5.82 Å². The quantitative estimate of drug-likeness (QED) is 0.585. The zero-order valence-electron chi connectivity index (χ0n) is 16.0. The van der Waals surface area contributed by atoms with Crippen molar-refractivity contribution < 1.29 is 4.79 Å². The Hall–Kier alpha value is -3.61. The highest BCUT2D eigenvalue weighted by molar-refractivity contribution is 5.89. The zero-order chi connectivity index (χ0) is 19.6. The van der Waals surface area contributed by atoms with Crippen molar-refractivity contribution in [2.75, 3.05) is 31.1 Å². The molecular formula is C22H22N6O. The minimum Gasteiger partial charge on any atom is -0.361 e. The van der Waals surface area contributed by atoms with E-state index < -0.39 is 0 Å². The summed E-state index contributed by atoms with van der Waals surface area (Å²) in [6.45, 7) is 2.93. The van der Waals surface area contributed by atoms with Gasteiger partial charge in [-0.25, -0.2) is 9.97 Å². The molecule has 0 spiro atoms. The summed E-state index contributed by atoms with van der Waals surface area (Å²) in [6.07, 6.45) is 7.90. The van der Waals surface area contributed by atoms with E-state index in [1.165, 1.54) is 0 Å². The fraction of sp³-hybridized carbons (Fsp3) is 0.227. The monoisotopic (exact) mass is 386 g/mol. The number of carbonyl (C=O) groups excluding carboxylic acids is 1. The van der Waals surface area contributed by atoms with Gasteiger partial charge in [0.1, 0.15) is 18.0 Å². The van der Waals surface area contributed by atoms with E-state index in [-0.39, 0.29) is 5.91 Å². The van der Waals surface area contributed by atoms with Crippen molar-refractivity contribution >= 4 is 22.6 Å². The molecule has 1 aliphatic heterocycles. The lowest BCUT2D eigenvalue weighted by molar-refractivity contribution is -0.130. The van der Waals surface area contributed by atoms with Gasteiger partial charge >= 0.3 is 0 Å². The number of carbonyl (C=O) groups is 1. The summed E-state index contributed by atoms with van der Waals surface area (Å²) in [7, 11) is 0. The number of piperazine rings is 1. The van der Waals surface area contributed by atoms with E-state index in [0.717, 1.165) is 41.2 Å². The predicted octanol–water partition coefficient (Wildman–Crippen LogP) is 2.64. The Kier molecular flexibility index (Phi) is 4.48. The third-order valence-corrected chi connectivity index (χ3v) is 5.48. The average Bonchev–Trinajstić information content (AvgIpc) is 3.45. The lowest BCUT2D eigenvalue weighted by Crippen LogP contribution is -2.49. The van der Waals surface area contributed by atoms with Crippen LogP contribution in [-0.4, -0.2) is 56.5 Å². The third-order valence-electron chi connectivity index (χ3n) is 5.48. The van der Waals surface area contributed by atoms with Crippen molar-refractivity contribution in [2.24, 2.45) is 0 Å². The molecule has 0 saturated carbocycles. The fourth-order valence-electron chi connectivity index (χ4n) is 3.88. The number of rotatable bonds is 4. The molecule has 5 rings (SSSR count). The Balaban J connectivity index is 1.23. The van der Waals surface area contributed by atoms with Crippen LogP contribution in [0.3, 0.4) is 0 Å². The van der Waals surface area contributed by atoms with Crippen LogP contribution in [0.25, 0.3) is 16.7 Å². The Morgan fingerprint density at radius 3 is 2.55 bits per heavy atom. The van der Waals surface area contributed by atoms with Gasteiger partial charge in [0, 0.05) is 61.7 Å². The lowest BCUT2D eigenvalue weighted by atomic mass is 10.1. The van der Waals surface area contributed by atoms with Crippen molar-refractivity contribution in [1.29, 1.82) is 0 Å². The van der Waals surface area contributed by atoms with Gasteiger partial charge in [0.2, 0.25) is 5.91 Å². The van der Waals surface area contributed by atoms with Gasteiger partial charge in [0.15, 0.2) is 0 Å². The number of fused-ring (bicyclic) bond motifs is 1. The first kappa shape index (κ1) is 17.5. The van der Waals surface area contributed by atoms with Crippen molar-refractivity contribution in [2.45, 2.75) is 6.42 Å². The van der Waals surface area contributed by atoms with E-state index in [2.05, 4.69) is 25.9 Å². The summed E-state index contributed by atoms with van der Waals surface area (Å²) in [6, 6.07) is 14.0. The molecule has 1 fully saturated rings. The molecule has 4 aromatic rings. The number of H-pyrrole nitrogens is 1. The topological polar surface area (TPSA) is 70.1 Å². The number of para-hydroxylation sites is 1. The summed E-state index contributed by atoms with van der Waals surface area (Å²) in [5.41, 5.74) is 2.13. The summed E-state index contributed by atoms with van der Waals surface area (Å²) >= 11 is 0.